The third-order valence-corrected chi connectivity index (χ3v) is 3.52. The molecule has 1 aromatic rings. The highest BCUT2D eigenvalue weighted by Gasteiger charge is 2.33. The molecule has 0 aromatic heterocycles. The van der Waals surface area contributed by atoms with Crippen LogP contribution in [0.2, 0.25) is 0 Å². The van der Waals surface area contributed by atoms with E-state index in [2.05, 4.69) is 19.2 Å². The van der Waals surface area contributed by atoms with E-state index in [0.29, 0.717) is 29.8 Å². The van der Waals surface area contributed by atoms with Crippen molar-refractivity contribution in [3.05, 3.63) is 33.9 Å². The minimum atomic E-state index is -0.466. The second-order valence-corrected chi connectivity index (χ2v) is 5.82. The van der Waals surface area contributed by atoms with Crippen LogP contribution in [-0.2, 0) is 0 Å². The second-order valence-electron chi connectivity index (χ2n) is 5.82. The van der Waals surface area contributed by atoms with Crippen LogP contribution < -0.4 is 5.32 Å². The fraction of sp³-hybridized carbons (Fsp3) is 0.533. The van der Waals surface area contributed by atoms with Gasteiger partial charge in [-0.05, 0) is 30.9 Å². The minimum Gasteiger partial charge on any atom is -0.383 e. The van der Waals surface area contributed by atoms with Gasteiger partial charge in [0.2, 0.25) is 0 Å². The summed E-state index contributed by atoms with van der Waals surface area (Å²) in [5, 5.41) is 13.9. The number of nitro groups is 1. The predicted octanol–water partition coefficient (Wildman–Crippen LogP) is 2.90. The zero-order valence-corrected chi connectivity index (χ0v) is 12.6. The molecule has 21 heavy (non-hydrogen) atoms. The zero-order chi connectivity index (χ0) is 15.6. The summed E-state index contributed by atoms with van der Waals surface area (Å²) in [6, 6.07) is 4.90. The number of hydrogen-bond acceptors (Lipinski definition) is 4. The molecule has 6 heteroatoms. The molecule has 1 aliphatic rings. The van der Waals surface area contributed by atoms with Gasteiger partial charge in [-0.2, -0.15) is 0 Å². The van der Waals surface area contributed by atoms with Crippen molar-refractivity contribution in [2.75, 3.05) is 18.9 Å². The Morgan fingerprint density at radius 3 is 2.62 bits per heavy atom. The summed E-state index contributed by atoms with van der Waals surface area (Å²) in [5.74, 6) is 0.262. The van der Waals surface area contributed by atoms with Gasteiger partial charge in [0.15, 0.2) is 0 Å². The lowest BCUT2D eigenvalue weighted by atomic mass is 10.1. The van der Waals surface area contributed by atoms with Crippen molar-refractivity contribution in [1.29, 1.82) is 0 Å². The summed E-state index contributed by atoms with van der Waals surface area (Å²) >= 11 is 0. The van der Waals surface area contributed by atoms with E-state index in [1.807, 2.05) is 4.90 Å². The zero-order valence-electron chi connectivity index (χ0n) is 12.6. The number of anilines is 1. The van der Waals surface area contributed by atoms with Gasteiger partial charge in [-0.15, -0.1) is 0 Å². The minimum absolute atomic E-state index is 0.0661. The Bertz CT molecular complexity index is 553. The molecule has 0 aliphatic heterocycles. The molecule has 114 valence electrons. The van der Waals surface area contributed by atoms with E-state index in [1.54, 1.807) is 19.2 Å². The summed E-state index contributed by atoms with van der Waals surface area (Å²) in [4.78, 5) is 25.1. The largest absolute Gasteiger partial charge is 0.383 e. The smallest absolute Gasteiger partial charge is 0.293 e. The summed E-state index contributed by atoms with van der Waals surface area (Å²) in [6.07, 6.45) is 2.05. The lowest BCUT2D eigenvalue weighted by Crippen LogP contribution is -2.36. The number of hydrogen-bond donors (Lipinski definition) is 1. The molecule has 0 heterocycles. The average molecular weight is 291 g/mol. The summed E-state index contributed by atoms with van der Waals surface area (Å²) in [7, 11) is 1.62. The topological polar surface area (TPSA) is 75.5 Å². The van der Waals surface area contributed by atoms with Gasteiger partial charge in [0.1, 0.15) is 5.69 Å². The van der Waals surface area contributed by atoms with Gasteiger partial charge in [-0.1, -0.05) is 13.8 Å². The Kier molecular flexibility index (Phi) is 4.45. The van der Waals surface area contributed by atoms with Crippen LogP contribution >= 0.6 is 0 Å². The highest BCUT2D eigenvalue weighted by Crippen LogP contribution is 2.31. The van der Waals surface area contributed by atoms with Crippen molar-refractivity contribution >= 4 is 17.3 Å². The fourth-order valence-electron chi connectivity index (χ4n) is 2.37. The lowest BCUT2D eigenvalue weighted by Gasteiger charge is -2.24. The molecule has 6 nitrogen and oxygen atoms in total. The van der Waals surface area contributed by atoms with Crippen molar-refractivity contribution in [2.24, 2.45) is 5.92 Å². The van der Waals surface area contributed by atoms with E-state index in [1.165, 1.54) is 6.07 Å². The Labute approximate surface area is 124 Å². The molecular formula is C15H21N3O3. The SMILES string of the molecule is CNc1ccc(C(=O)N(CC(C)C)C2CC2)cc1[N+](=O)[O-]. The van der Waals surface area contributed by atoms with Gasteiger partial charge in [0, 0.05) is 31.3 Å². The number of nitrogens with zero attached hydrogens (tertiary/aromatic N) is 2. The van der Waals surface area contributed by atoms with Crippen molar-refractivity contribution < 1.29 is 9.72 Å². The van der Waals surface area contributed by atoms with E-state index in [4.69, 9.17) is 0 Å². The maximum absolute atomic E-state index is 12.6. The molecule has 0 bridgehead atoms. The van der Waals surface area contributed by atoms with Crippen molar-refractivity contribution in [2.45, 2.75) is 32.7 Å². The molecule has 0 atom stereocenters. The number of carbonyl (C=O) groups is 1. The van der Waals surface area contributed by atoms with Crippen LogP contribution in [0.5, 0.6) is 0 Å². The fourth-order valence-corrected chi connectivity index (χ4v) is 2.37. The Morgan fingerprint density at radius 2 is 2.14 bits per heavy atom. The van der Waals surface area contributed by atoms with Crippen molar-refractivity contribution in [3.63, 3.8) is 0 Å². The predicted molar refractivity (Wildman–Crippen MR) is 81.5 cm³/mol. The molecule has 0 saturated heterocycles. The van der Waals surface area contributed by atoms with Crippen LogP contribution in [-0.4, -0.2) is 35.4 Å². The van der Waals surface area contributed by atoms with E-state index in [0.717, 1.165) is 12.8 Å². The molecule has 1 N–H and O–H groups in total. The first-order valence-corrected chi connectivity index (χ1v) is 7.21. The monoisotopic (exact) mass is 291 g/mol. The maximum Gasteiger partial charge on any atom is 0.293 e. The first-order valence-electron chi connectivity index (χ1n) is 7.21. The van der Waals surface area contributed by atoms with Crippen LogP contribution in [0.25, 0.3) is 0 Å². The first kappa shape index (κ1) is 15.3. The third-order valence-electron chi connectivity index (χ3n) is 3.52. The molecule has 1 aliphatic carbocycles. The Balaban J connectivity index is 2.29. The molecule has 0 unspecified atom stereocenters. The maximum atomic E-state index is 12.6. The summed E-state index contributed by atoms with van der Waals surface area (Å²) in [5.41, 5.74) is 0.732. The lowest BCUT2D eigenvalue weighted by molar-refractivity contribution is -0.384. The van der Waals surface area contributed by atoms with E-state index >= 15 is 0 Å². The number of nitrogens with one attached hydrogen (secondary N) is 1. The van der Waals surface area contributed by atoms with Gasteiger partial charge in [-0.25, -0.2) is 0 Å². The molecular weight excluding hydrogens is 270 g/mol. The van der Waals surface area contributed by atoms with E-state index in [-0.39, 0.29) is 11.6 Å². The number of amides is 1. The molecule has 2 rings (SSSR count). The highest BCUT2D eigenvalue weighted by atomic mass is 16.6. The Hall–Kier alpha value is -2.11. The molecule has 0 spiro atoms. The number of rotatable bonds is 6. The van der Waals surface area contributed by atoms with Gasteiger partial charge < -0.3 is 10.2 Å². The standard InChI is InChI=1S/C15H21N3O3/c1-10(2)9-17(12-5-6-12)15(19)11-4-7-13(16-3)14(8-11)18(20)21/h4,7-8,10,12,16H,5-6,9H2,1-3H3. The highest BCUT2D eigenvalue weighted by molar-refractivity contribution is 5.96. The van der Waals surface area contributed by atoms with Gasteiger partial charge in [-0.3, -0.25) is 14.9 Å². The number of benzene rings is 1. The van der Waals surface area contributed by atoms with Crippen LogP contribution in [0.4, 0.5) is 11.4 Å². The van der Waals surface area contributed by atoms with Crippen LogP contribution in [0, 0.1) is 16.0 Å². The van der Waals surface area contributed by atoms with Gasteiger partial charge in [0.05, 0.1) is 4.92 Å². The Morgan fingerprint density at radius 1 is 1.48 bits per heavy atom. The second kappa shape index (κ2) is 6.11. The molecule has 1 amide bonds. The van der Waals surface area contributed by atoms with Crippen molar-refractivity contribution in [1.82, 2.24) is 4.90 Å². The molecule has 1 aromatic carbocycles. The molecule has 1 saturated carbocycles. The molecule has 0 radical (unpaired) electrons. The van der Waals surface area contributed by atoms with E-state index in [9.17, 15) is 14.9 Å². The van der Waals surface area contributed by atoms with Gasteiger partial charge in [0.25, 0.3) is 11.6 Å². The average Bonchev–Trinajstić information content (AvgIpc) is 3.27. The van der Waals surface area contributed by atoms with Gasteiger partial charge >= 0.3 is 0 Å². The number of carbonyl (C=O) groups excluding carboxylic acids is 1. The molecule has 1 fully saturated rings. The number of nitro benzene ring substituents is 1. The van der Waals surface area contributed by atoms with Crippen molar-refractivity contribution in [3.8, 4) is 0 Å². The quantitative estimate of drug-likeness (QED) is 0.646. The summed E-state index contributed by atoms with van der Waals surface area (Å²) in [6.45, 7) is 4.81. The first-order chi connectivity index (χ1) is 9.93. The van der Waals surface area contributed by atoms with E-state index < -0.39 is 4.92 Å². The van der Waals surface area contributed by atoms with Crippen LogP contribution in [0.15, 0.2) is 18.2 Å². The summed E-state index contributed by atoms with van der Waals surface area (Å²) < 4.78 is 0. The normalized spacial score (nSPS) is 14.1. The van der Waals surface area contributed by atoms with Crippen LogP contribution in [0.3, 0.4) is 0 Å². The third kappa shape index (κ3) is 3.51. The van der Waals surface area contributed by atoms with Crippen LogP contribution in [0.1, 0.15) is 37.0 Å².